The van der Waals surface area contributed by atoms with Crippen molar-refractivity contribution in [3.63, 3.8) is 0 Å². The molecule has 0 aliphatic carbocycles. The minimum atomic E-state index is -1.40. The van der Waals surface area contributed by atoms with Gasteiger partial charge in [0, 0.05) is 18.1 Å². The first-order chi connectivity index (χ1) is 12.7. The number of nitrogens with zero attached hydrogens (tertiary/aromatic N) is 2. The molecule has 9 heteroatoms. The number of carboxylic acids is 1. The largest absolute Gasteiger partial charge is 0.477 e. The molecule has 1 aromatic heterocycles. The molecule has 2 heterocycles. The lowest BCUT2D eigenvalue weighted by atomic mass is 10.1. The number of carbonyl (C=O) groups is 3. The molecule has 2 amide bonds. The van der Waals surface area contributed by atoms with Gasteiger partial charge in [0.05, 0.1) is 11.2 Å². The van der Waals surface area contributed by atoms with Crippen LogP contribution >= 0.6 is 0 Å². The number of hydrogen-bond acceptors (Lipinski definition) is 4. The molecule has 142 valence electrons. The first-order valence-corrected chi connectivity index (χ1v) is 8.40. The third-order valence-corrected chi connectivity index (χ3v) is 4.71. The van der Waals surface area contributed by atoms with Crippen molar-refractivity contribution in [2.75, 3.05) is 4.90 Å². The number of aromatic nitrogens is 1. The van der Waals surface area contributed by atoms with Crippen LogP contribution in [0, 0.1) is 5.82 Å². The van der Waals surface area contributed by atoms with Gasteiger partial charge in [-0.3, -0.25) is 19.3 Å². The Morgan fingerprint density at radius 3 is 2.52 bits per heavy atom. The summed E-state index contributed by atoms with van der Waals surface area (Å²) in [4.78, 5) is 49.3. The van der Waals surface area contributed by atoms with E-state index in [9.17, 15) is 28.7 Å². The molecule has 2 aromatic rings. The lowest BCUT2D eigenvalue weighted by molar-refractivity contribution is -0.133. The number of aromatic carboxylic acids is 1. The van der Waals surface area contributed by atoms with Crippen LogP contribution in [0.4, 0.5) is 10.1 Å². The van der Waals surface area contributed by atoms with E-state index in [-0.39, 0.29) is 16.6 Å². The normalized spacial score (nSPS) is 20.1. The van der Waals surface area contributed by atoms with Gasteiger partial charge in [-0.2, -0.15) is 0 Å². The molecule has 0 radical (unpaired) electrons. The van der Waals surface area contributed by atoms with Crippen LogP contribution in [0.3, 0.4) is 0 Å². The van der Waals surface area contributed by atoms with Gasteiger partial charge in [0.1, 0.15) is 23.5 Å². The maximum absolute atomic E-state index is 14.8. The Balaban J connectivity index is 2.30. The van der Waals surface area contributed by atoms with Crippen LogP contribution < -0.4 is 15.6 Å². The molecule has 8 nitrogen and oxygen atoms in total. The number of carboxylic acid groups (broad SMARTS) is 1. The molecule has 1 aliphatic heterocycles. The second-order valence-electron chi connectivity index (χ2n) is 6.40. The van der Waals surface area contributed by atoms with E-state index in [0.717, 1.165) is 11.0 Å². The number of fused-ring (bicyclic) bond motifs is 1. The Morgan fingerprint density at radius 2 is 1.93 bits per heavy atom. The molecule has 0 spiro atoms. The van der Waals surface area contributed by atoms with Gasteiger partial charge in [-0.15, -0.1) is 0 Å². The van der Waals surface area contributed by atoms with Gasteiger partial charge in [-0.25, -0.2) is 9.18 Å². The number of rotatable bonds is 3. The number of benzene rings is 1. The molecule has 2 unspecified atom stereocenters. The zero-order valence-corrected chi connectivity index (χ0v) is 14.9. The van der Waals surface area contributed by atoms with Crippen molar-refractivity contribution in [3.8, 4) is 0 Å². The highest BCUT2D eigenvalue weighted by Gasteiger charge is 2.38. The highest BCUT2D eigenvalue weighted by atomic mass is 19.1. The van der Waals surface area contributed by atoms with Crippen LogP contribution in [0.1, 0.15) is 31.1 Å². The molecular weight excluding hydrogens is 357 g/mol. The van der Waals surface area contributed by atoms with Crippen LogP contribution in [-0.2, 0) is 16.1 Å². The molecule has 1 aromatic carbocycles. The molecule has 2 N–H and O–H groups in total. The molecule has 2 atom stereocenters. The molecule has 0 saturated carbocycles. The van der Waals surface area contributed by atoms with E-state index in [0.29, 0.717) is 6.54 Å². The fraction of sp³-hybridized carbons (Fsp3) is 0.333. The van der Waals surface area contributed by atoms with Gasteiger partial charge in [0.25, 0.3) is 0 Å². The van der Waals surface area contributed by atoms with E-state index in [1.165, 1.54) is 30.7 Å². The quantitative estimate of drug-likeness (QED) is 0.835. The molecule has 0 bridgehead atoms. The average Bonchev–Trinajstić information content (AvgIpc) is 2.61. The van der Waals surface area contributed by atoms with Gasteiger partial charge in [0.2, 0.25) is 17.2 Å². The Bertz CT molecular complexity index is 1050. The smallest absolute Gasteiger partial charge is 0.341 e. The number of aryl methyl sites for hydroxylation is 1. The maximum Gasteiger partial charge on any atom is 0.341 e. The van der Waals surface area contributed by atoms with Gasteiger partial charge in [0.15, 0.2) is 0 Å². The van der Waals surface area contributed by atoms with Crippen molar-refractivity contribution >= 4 is 34.4 Å². The molecular formula is C18H18FN3O5. The van der Waals surface area contributed by atoms with Crippen LogP contribution in [0.25, 0.3) is 10.9 Å². The topological polar surface area (TPSA) is 109 Å². The minimum Gasteiger partial charge on any atom is -0.477 e. The summed E-state index contributed by atoms with van der Waals surface area (Å²) >= 11 is 0. The average molecular weight is 375 g/mol. The molecule has 27 heavy (non-hydrogen) atoms. The summed E-state index contributed by atoms with van der Waals surface area (Å²) in [5.74, 6) is -3.19. The standard InChI is InChI=1S/C18H18FN3O5/c1-4-21-7-11(18(26)27)15(23)10-5-12(19)14(6-13(10)21)22-9(3)16(24)20-8(2)17(22)25/h5-9H,4H2,1-3H3,(H,20,24)(H,26,27). The predicted molar refractivity (Wildman–Crippen MR) is 95.4 cm³/mol. The highest BCUT2D eigenvalue weighted by Crippen LogP contribution is 2.29. The maximum atomic E-state index is 14.8. The third kappa shape index (κ3) is 2.84. The number of pyridine rings is 1. The molecule has 1 saturated heterocycles. The van der Waals surface area contributed by atoms with Crippen LogP contribution in [-0.4, -0.2) is 39.5 Å². The first kappa shape index (κ1) is 18.6. The SMILES string of the molecule is CCn1cc(C(=O)O)c(=O)c2cc(F)c(N3C(=O)C(C)NC(=O)C3C)cc21. The van der Waals surface area contributed by atoms with E-state index < -0.39 is 46.7 Å². The summed E-state index contributed by atoms with van der Waals surface area (Å²) in [5, 5.41) is 11.6. The second kappa shape index (κ2) is 6.49. The number of anilines is 1. The van der Waals surface area contributed by atoms with Gasteiger partial charge in [-0.05, 0) is 32.9 Å². The van der Waals surface area contributed by atoms with E-state index >= 15 is 0 Å². The van der Waals surface area contributed by atoms with E-state index in [1.807, 2.05) is 0 Å². The fourth-order valence-corrected chi connectivity index (χ4v) is 3.24. The number of hydrogen-bond donors (Lipinski definition) is 2. The Hall–Kier alpha value is -3.23. The number of amides is 2. The fourth-order valence-electron chi connectivity index (χ4n) is 3.24. The first-order valence-electron chi connectivity index (χ1n) is 8.40. The monoisotopic (exact) mass is 375 g/mol. The van der Waals surface area contributed by atoms with E-state index in [2.05, 4.69) is 5.32 Å². The number of nitrogens with one attached hydrogen (secondary N) is 1. The summed E-state index contributed by atoms with van der Waals surface area (Å²) in [6.07, 6.45) is 1.19. The lowest BCUT2D eigenvalue weighted by Gasteiger charge is -2.36. The number of halogens is 1. The van der Waals surface area contributed by atoms with Crippen molar-refractivity contribution in [1.29, 1.82) is 0 Å². The predicted octanol–water partition coefficient (Wildman–Crippen LogP) is 1.10. The molecule has 1 fully saturated rings. The Labute approximate surface area is 153 Å². The summed E-state index contributed by atoms with van der Waals surface area (Å²) in [7, 11) is 0. The van der Waals surface area contributed by atoms with Crippen LogP contribution in [0.15, 0.2) is 23.1 Å². The van der Waals surface area contributed by atoms with E-state index in [4.69, 9.17) is 0 Å². The van der Waals surface area contributed by atoms with Crippen LogP contribution in [0.2, 0.25) is 0 Å². The van der Waals surface area contributed by atoms with Gasteiger partial charge >= 0.3 is 5.97 Å². The number of piperazine rings is 1. The highest BCUT2D eigenvalue weighted by molar-refractivity contribution is 6.09. The Kier molecular flexibility index (Phi) is 4.46. The van der Waals surface area contributed by atoms with Gasteiger partial charge < -0.3 is 15.0 Å². The van der Waals surface area contributed by atoms with Crippen molar-refractivity contribution in [1.82, 2.24) is 9.88 Å². The Morgan fingerprint density at radius 1 is 1.26 bits per heavy atom. The van der Waals surface area contributed by atoms with Crippen molar-refractivity contribution in [3.05, 3.63) is 39.9 Å². The summed E-state index contributed by atoms with van der Waals surface area (Å²) in [6, 6.07) is 0.483. The summed E-state index contributed by atoms with van der Waals surface area (Å²) in [5.41, 5.74) is -1.13. The van der Waals surface area contributed by atoms with Crippen molar-refractivity contribution in [2.24, 2.45) is 0 Å². The van der Waals surface area contributed by atoms with Crippen molar-refractivity contribution < 1.29 is 23.9 Å². The summed E-state index contributed by atoms with van der Waals surface area (Å²) in [6.45, 7) is 5.04. The lowest BCUT2D eigenvalue weighted by Crippen LogP contribution is -2.62. The summed E-state index contributed by atoms with van der Waals surface area (Å²) < 4.78 is 16.3. The zero-order chi connectivity index (χ0) is 20.0. The zero-order valence-electron chi connectivity index (χ0n) is 14.9. The second-order valence-corrected chi connectivity index (χ2v) is 6.40. The van der Waals surface area contributed by atoms with E-state index in [1.54, 1.807) is 6.92 Å². The third-order valence-electron chi connectivity index (χ3n) is 4.71. The molecule has 1 aliphatic rings. The van der Waals surface area contributed by atoms with Crippen LogP contribution in [0.5, 0.6) is 0 Å². The van der Waals surface area contributed by atoms with Crippen molar-refractivity contribution in [2.45, 2.75) is 39.4 Å². The van der Waals surface area contributed by atoms with Gasteiger partial charge in [-0.1, -0.05) is 0 Å². The number of carbonyl (C=O) groups excluding carboxylic acids is 2. The molecule has 3 rings (SSSR count). The minimum absolute atomic E-state index is 0.104.